The lowest BCUT2D eigenvalue weighted by Crippen LogP contribution is -2.44. The van der Waals surface area contributed by atoms with E-state index in [1.54, 1.807) is 0 Å². The second-order valence-corrected chi connectivity index (χ2v) is 7.51. The molecular formula is C18H24N4OS. The normalized spacial score (nSPS) is 23.8. The number of nitrogens with zero attached hydrogens (tertiary/aromatic N) is 2. The van der Waals surface area contributed by atoms with Crippen LogP contribution in [0.2, 0.25) is 0 Å². The average Bonchev–Trinajstić information content (AvgIpc) is 3.07. The van der Waals surface area contributed by atoms with Crippen LogP contribution < -0.4 is 5.32 Å². The van der Waals surface area contributed by atoms with Crippen molar-refractivity contribution in [3.63, 3.8) is 0 Å². The zero-order chi connectivity index (χ0) is 16.9. The van der Waals surface area contributed by atoms with Crippen molar-refractivity contribution in [2.75, 3.05) is 5.75 Å². The molecule has 6 heteroatoms. The number of benzene rings is 1. The molecule has 0 radical (unpaired) electrons. The fourth-order valence-electron chi connectivity index (χ4n) is 3.20. The maximum Gasteiger partial charge on any atom is 0.230 e. The second-order valence-electron chi connectivity index (χ2n) is 6.56. The fraction of sp³-hybridized carbons (Fsp3) is 0.500. The summed E-state index contributed by atoms with van der Waals surface area (Å²) in [5.41, 5.74) is 0.992. The molecule has 5 nitrogen and oxygen atoms in total. The summed E-state index contributed by atoms with van der Waals surface area (Å²) >= 11 is 1.37. The highest BCUT2D eigenvalue weighted by molar-refractivity contribution is 7.99. The van der Waals surface area contributed by atoms with E-state index < -0.39 is 0 Å². The van der Waals surface area contributed by atoms with Crippen molar-refractivity contribution in [1.82, 2.24) is 20.5 Å². The summed E-state index contributed by atoms with van der Waals surface area (Å²) in [6, 6.07) is 10.1. The molecule has 128 valence electrons. The predicted molar refractivity (Wildman–Crippen MR) is 96.7 cm³/mol. The Balaban J connectivity index is 1.51. The Morgan fingerprint density at radius 1 is 1.29 bits per heavy atom. The number of aromatic nitrogens is 3. The smallest absolute Gasteiger partial charge is 0.230 e. The van der Waals surface area contributed by atoms with Crippen molar-refractivity contribution in [1.29, 1.82) is 0 Å². The number of carbonyl (C=O) groups excluding carboxylic acids is 1. The molecule has 2 aromatic rings. The Morgan fingerprint density at radius 2 is 2.08 bits per heavy atom. The van der Waals surface area contributed by atoms with Crippen molar-refractivity contribution in [3.8, 4) is 11.4 Å². The number of aromatic amines is 1. The van der Waals surface area contributed by atoms with Gasteiger partial charge in [0.1, 0.15) is 0 Å². The molecule has 0 bridgehead atoms. The first-order valence-corrected chi connectivity index (χ1v) is 9.52. The van der Waals surface area contributed by atoms with Gasteiger partial charge in [-0.15, -0.1) is 5.10 Å². The number of rotatable bonds is 5. The van der Waals surface area contributed by atoms with E-state index in [2.05, 4.69) is 34.3 Å². The zero-order valence-electron chi connectivity index (χ0n) is 14.2. The van der Waals surface area contributed by atoms with Gasteiger partial charge in [0.15, 0.2) is 5.82 Å². The minimum atomic E-state index is 0.0667. The van der Waals surface area contributed by atoms with Gasteiger partial charge in [-0.3, -0.25) is 9.89 Å². The van der Waals surface area contributed by atoms with Gasteiger partial charge in [0.05, 0.1) is 5.75 Å². The van der Waals surface area contributed by atoms with Crippen LogP contribution in [0, 0.1) is 11.8 Å². The van der Waals surface area contributed by atoms with E-state index in [1.165, 1.54) is 24.6 Å². The van der Waals surface area contributed by atoms with E-state index in [0.717, 1.165) is 17.8 Å². The highest BCUT2D eigenvalue weighted by Gasteiger charge is 2.28. The lowest BCUT2D eigenvalue weighted by molar-refractivity contribution is -0.120. The molecule has 1 aromatic heterocycles. The molecule has 0 saturated heterocycles. The lowest BCUT2D eigenvalue weighted by Gasteiger charge is -2.34. The Hall–Kier alpha value is -1.82. The number of amides is 1. The first kappa shape index (κ1) is 17.0. The van der Waals surface area contributed by atoms with Gasteiger partial charge in [-0.2, -0.15) is 0 Å². The van der Waals surface area contributed by atoms with Gasteiger partial charge < -0.3 is 5.32 Å². The molecule has 3 rings (SSSR count). The van der Waals surface area contributed by atoms with Crippen molar-refractivity contribution in [3.05, 3.63) is 30.3 Å². The fourth-order valence-corrected chi connectivity index (χ4v) is 3.81. The Kier molecular flexibility index (Phi) is 5.56. The number of thioether (sulfide) groups is 1. The minimum Gasteiger partial charge on any atom is -0.352 e. The van der Waals surface area contributed by atoms with Gasteiger partial charge in [0.2, 0.25) is 11.1 Å². The molecule has 1 aliphatic rings. The highest BCUT2D eigenvalue weighted by atomic mass is 32.2. The molecule has 1 saturated carbocycles. The van der Waals surface area contributed by atoms with E-state index in [0.29, 0.717) is 28.8 Å². The maximum atomic E-state index is 12.2. The molecule has 0 unspecified atom stereocenters. The summed E-state index contributed by atoms with van der Waals surface area (Å²) in [7, 11) is 0. The standard InChI is InChI=1S/C18H24N4OS/c1-12-7-6-10-15(13(12)2)19-16(23)11-24-18-20-17(21-22-18)14-8-4-3-5-9-14/h3-5,8-9,12-13,15H,6-7,10-11H2,1-2H3,(H,19,23)(H,20,21,22)/t12-,13-,15-/m1/s1. The first-order chi connectivity index (χ1) is 11.6. The Labute approximate surface area is 147 Å². The van der Waals surface area contributed by atoms with Gasteiger partial charge in [-0.05, 0) is 18.3 Å². The SMILES string of the molecule is C[C@@H]1[C@H](C)CCC[C@H]1NC(=O)CSc1n[nH]c(-c2ccccc2)n1. The van der Waals surface area contributed by atoms with Gasteiger partial charge in [-0.1, -0.05) is 68.8 Å². The summed E-state index contributed by atoms with van der Waals surface area (Å²) in [5.74, 6) is 2.37. The summed E-state index contributed by atoms with van der Waals surface area (Å²) < 4.78 is 0. The lowest BCUT2D eigenvalue weighted by atomic mass is 9.78. The summed E-state index contributed by atoms with van der Waals surface area (Å²) in [6.07, 6.45) is 3.55. The van der Waals surface area contributed by atoms with Crippen LogP contribution in [0.3, 0.4) is 0 Å². The van der Waals surface area contributed by atoms with E-state index in [1.807, 2.05) is 30.3 Å². The molecule has 3 atom stereocenters. The van der Waals surface area contributed by atoms with Crippen LogP contribution in [0.15, 0.2) is 35.5 Å². The third kappa shape index (κ3) is 4.17. The number of nitrogens with one attached hydrogen (secondary N) is 2. The van der Waals surface area contributed by atoms with Crippen LogP contribution in [0.4, 0.5) is 0 Å². The van der Waals surface area contributed by atoms with E-state index >= 15 is 0 Å². The van der Waals surface area contributed by atoms with Gasteiger partial charge in [0.25, 0.3) is 0 Å². The molecule has 2 N–H and O–H groups in total. The molecule has 24 heavy (non-hydrogen) atoms. The second kappa shape index (κ2) is 7.83. The number of H-pyrrole nitrogens is 1. The highest BCUT2D eigenvalue weighted by Crippen LogP contribution is 2.29. The van der Waals surface area contributed by atoms with E-state index in [9.17, 15) is 4.79 Å². The van der Waals surface area contributed by atoms with Crippen molar-refractivity contribution >= 4 is 17.7 Å². The molecule has 1 aromatic carbocycles. The largest absolute Gasteiger partial charge is 0.352 e. The number of carbonyl (C=O) groups is 1. The van der Waals surface area contributed by atoms with Crippen LogP contribution in [-0.2, 0) is 4.79 Å². The van der Waals surface area contributed by atoms with Crippen LogP contribution in [-0.4, -0.2) is 32.9 Å². The molecule has 1 fully saturated rings. The molecular weight excluding hydrogens is 320 g/mol. The third-order valence-electron chi connectivity index (χ3n) is 4.90. The monoisotopic (exact) mass is 344 g/mol. The Bertz CT molecular complexity index is 673. The molecule has 0 spiro atoms. The van der Waals surface area contributed by atoms with Crippen LogP contribution in [0.25, 0.3) is 11.4 Å². The average molecular weight is 344 g/mol. The Morgan fingerprint density at radius 3 is 2.88 bits per heavy atom. The molecule has 1 aliphatic carbocycles. The summed E-state index contributed by atoms with van der Waals surface area (Å²) in [4.78, 5) is 16.7. The molecule has 0 aliphatic heterocycles. The topological polar surface area (TPSA) is 70.7 Å². The molecule has 1 heterocycles. The van der Waals surface area contributed by atoms with Crippen LogP contribution in [0.5, 0.6) is 0 Å². The van der Waals surface area contributed by atoms with Gasteiger partial charge >= 0.3 is 0 Å². The van der Waals surface area contributed by atoms with Crippen LogP contribution in [0.1, 0.15) is 33.1 Å². The van der Waals surface area contributed by atoms with Crippen LogP contribution >= 0.6 is 11.8 Å². The van der Waals surface area contributed by atoms with Gasteiger partial charge in [-0.25, -0.2) is 4.98 Å². The van der Waals surface area contributed by atoms with Gasteiger partial charge in [0, 0.05) is 11.6 Å². The maximum absolute atomic E-state index is 12.2. The summed E-state index contributed by atoms with van der Waals surface area (Å²) in [6.45, 7) is 4.51. The molecule has 1 amide bonds. The van der Waals surface area contributed by atoms with Crippen molar-refractivity contribution in [2.45, 2.75) is 44.3 Å². The minimum absolute atomic E-state index is 0.0667. The summed E-state index contributed by atoms with van der Waals surface area (Å²) in [5, 5.41) is 10.9. The quantitative estimate of drug-likeness (QED) is 0.814. The predicted octanol–water partition coefficient (Wildman–Crippen LogP) is 3.50. The number of hydrogen-bond acceptors (Lipinski definition) is 4. The van der Waals surface area contributed by atoms with Crippen molar-refractivity contribution < 1.29 is 4.79 Å². The van der Waals surface area contributed by atoms with Crippen molar-refractivity contribution in [2.24, 2.45) is 11.8 Å². The number of hydrogen-bond donors (Lipinski definition) is 2. The zero-order valence-corrected chi connectivity index (χ0v) is 15.0. The van der Waals surface area contributed by atoms with E-state index in [-0.39, 0.29) is 5.91 Å². The van der Waals surface area contributed by atoms with E-state index in [4.69, 9.17) is 0 Å². The first-order valence-electron chi connectivity index (χ1n) is 8.53. The third-order valence-corrected chi connectivity index (χ3v) is 5.75.